The first-order valence-electron chi connectivity index (χ1n) is 15.4. The molecule has 1 saturated heterocycles. The van der Waals surface area contributed by atoms with Crippen LogP contribution in [0.2, 0.25) is 0 Å². The van der Waals surface area contributed by atoms with E-state index < -0.39 is 35.2 Å². The van der Waals surface area contributed by atoms with E-state index in [4.69, 9.17) is 4.74 Å². The third-order valence-corrected chi connectivity index (χ3v) is 8.21. The van der Waals surface area contributed by atoms with Crippen molar-refractivity contribution in [2.75, 3.05) is 25.0 Å². The molecule has 1 amide bonds. The SMILES string of the molecule is CC(C)C(=O)Nc1cccc(C2CCN(CCCCCCC(Oc3cc(C(F)(F)F)ccc3F)c3ccccc3F)CC2)c1. The van der Waals surface area contributed by atoms with E-state index in [-0.39, 0.29) is 17.4 Å². The third-order valence-electron chi connectivity index (χ3n) is 8.21. The van der Waals surface area contributed by atoms with Gasteiger partial charge in [-0.25, -0.2) is 8.78 Å². The lowest BCUT2D eigenvalue weighted by molar-refractivity contribution is -0.137. The van der Waals surface area contributed by atoms with E-state index in [2.05, 4.69) is 22.3 Å². The van der Waals surface area contributed by atoms with Crippen LogP contribution in [0, 0.1) is 17.6 Å². The maximum atomic E-state index is 14.6. The van der Waals surface area contributed by atoms with Crippen molar-refractivity contribution >= 4 is 11.6 Å². The fourth-order valence-corrected chi connectivity index (χ4v) is 5.60. The number of nitrogens with zero attached hydrogens (tertiary/aromatic N) is 1. The summed E-state index contributed by atoms with van der Waals surface area (Å²) < 4.78 is 74.3. The second kappa shape index (κ2) is 15.5. The average molecular weight is 617 g/mol. The Morgan fingerprint density at radius 3 is 2.34 bits per heavy atom. The second-order valence-corrected chi connectivity index (χ2v) is 11.9. The molecule has 0 aromatic heterocycles. The van der Waals surface area contributed by atoms with Crippen molar-refractivity contribution < 1.29 is 31.5 Å². The van der Waals surface area contributed by atoms with Crippen LogP contribution in [0.5, 0.6) is 5.75 Å². The number of likely N-dealkylation sites (tertiary alicyclic amines) is 1. The van der Waals surface area contributed by atoms with Gasteiger partial charge in [0.05, 0.1) is 5.56 Å². The predicted molar refractivity (Wildman–Crippen MR) is 163 cm³/mol. The Morgan fingerprint density at radius 2 is 1.64 bits per heavy atom. The number of hydrogen-bond donors (Lipinski definition) is 1. The molecule has 0 aliphatic carbocycles. The first-order valence-corrected chi connectivity index (χ1v) is 15.4. The molecule has 0 bridgehead atoms. The number of nitrogens with one attached hydrogen (secondary N) is 1. The third kappa shape index (κ3) is 9.52. The van der Waals surface area contributed by atoms with Gasteiger partial charge in [-0.3, -0.25) is 4.79 Å². The summed E-state index contributed by atoms with van der Waals surface area (Å²) in [4.78, 5) is 14.5. The number of amides is 1. The molecule has 1 N–H and O–H groups in total. The zero-order valence-electron chi connectivity index (χ0n) is 25.3. The number of piperidine rings is 1. The molecular formula is C35H41F5N2O2. The highest BCUT2D eigenvalue weighted by molar-refractivity contribution is 5.92. The van der Waals surface area contributed by atoms with Gasteiger partial charge < -0.3 is 15.0 Å². The van der Waals surface area contributed by atoms with Crippen molar-refractivity contribution in [1.29, 1.82) is 0 Å². The van der Waals surface area contributed by atoms with Crippen molar-refractivity contribution in [3.63, 3.8) is 0 Å². The Labute approximate surface area is 256 Å². The summed E-state index contributed by atoms with van der Waals surface area (Å²) >= 11 is 0. The summed E-state index contributed by atoms with van der Waals surface area (Å²) in [6.45, 7) is 6.72. The fourth-order valence-electron chi connectivity index (χ4n) is 5.60. The number of unbranched alkanes of at least 4 members (excludes halogenated alkanes) is 3. The van der Waals surface area contributed by atoms with E-state index in [9.17, 15) is 26.7 Å². The Balaban J connectivity index is 1.23. The quantitative estimate of drug-likeness (QED) is 0.154. The Morgan fingerprint density at radius 1 is 0.909 bits per heavy atom. The van der Waals surface area contributed by atoms with Gasteiger partial charge in [-0.05, 0) is 99.6 Å². The summed E-state index contributed by atoms with van der Waals surface area (Å²) in [5.74, 6) is -1.61. The normalized spacial score (nSPS) is 15.4. The van der Waals surface area contributed by atoms with Gasteiger partial charge in [0.1, 0.15) is 11.9 Å². The molecule has 1 unspecified atom stereocenters. The maximum absolute atomic E-state index is 14.6. The minimum absolute atomic E-state index is 0.0110. The standard InChI is InChI=1S/C35H41F5N2O2/c1-24(2)34(43)41-28-11-9-10-26(22-28)25-17-20-42(21-18-25)19-8-4-3-5-14-32(29-12-6-7-13-30(29)36)44-33-23-27(35(38,39)40)15-16-31(33)37/h6-7,9-13,15-16,22-25,32H,3-5,8,14,17-21H2,1-2H3,(H,41,43). The van der Waals surface area contributed by atoms with Crippen molar-refractivity contribution in [3.8, 4) is 5.75 Å². The lowest BCUT2D eigenvalue weighted by atomic mass is 9.89. The van der Waals surface area contributed by atoms with Gasteiger partial charge in [0.25, 0.3) is 0 Å². The van der Waals surface area contributed by atoms with Crippen LogP contribution < -0.4 is 10.1 Å². The van der Waals surface area contributed by atoms with E-state index in [1.54, 1.807) is 6.07 Å². The second-order valence-electron chi connectivity index (χ2n) is 11.9. The molecule has 44 heavy (non-hydrogen) atoms. The van der Waals surface area contributed by atoms with Gasteiger partial charge in [0.15, 0.2) is 11.6 Å². The van der Waals surface area contributed by atoms with E-state index in [0.29, 0.717) is 30.9 Å². The number of anilines is 1. The first-order chi connectivity index (χ1) is 21.0. The van der Waals surface area contributed by atoms with Crippen LogP contribution in [0.25, 0.3) is 0 Å². The lowest BCUT2D eigenvalue weighted by Crippen LogP contribution is -2.33. The fraction of sp³-hybridized carbons (Fsp3) is 0.457. The number of carbonyl (C=O) groups excluding carboxylic acids is 1. The summed E-state index contributed by atoms with van der Waals surface area (Å²) in [5.41, 5.74) is 1.27. The average Bonchev–Trinajstić information content (AvgIpc) is 2.99. The highest BCUT2D eigenvalue weighted by Crippen LogP contribution is 2.36. The molecular weight excluding hydrogens is 575 g/mol. The molecule has 0 saturated carbocycles. The highest BCUT2D eigenvalue weighted by Gasteiger charge is 2.32. The van der Waals surface area contributed by atoms with Crippen LogP contribution in [0.4, 0.5) is 27.6 Å². The Bertz CT molecular complexity index is 1370. The predicted octanol–water partition coefficient (Wildman–Crippen LogP) is 9.53. The van der Waals surface area contributed by atoms with Crippen LogP contribution in [0.15, 0.2) is 66.7 Å². The van der Waals surface area contributed by atoms with E-state index in [1.807, 2.05) is 26.0 Å². The van der Waals surface area contributed by atoms with Gasteiger partial charge in [0, 0.05) is 17.2 Å². The molecule has 1 atom stereocenters. The molecule has 238 valence electrons. The smallest absolute Gasteiger partial charge is 0.416 e. The van der Waals surface area contributed by atoms with E-state index >= 15 is 0 Å². The molecule has 1 aliphatic heterocycles. The van der Waals surface area contributed by atoms with Crippen LogP contribution in [-0.4, -0.2) is 30.4 Å². The maximum Gasteiger partial charge on any atom is 0.416 e. The largest absolute Gasteiger partial charge is 0.483 e. The van der Waals surface area contributed by atoms with Gasteiger partial charge >= 0.3 is 6.18 Å². The highest BCUT2D eigenvalue weighted by atomic mass is 19.4. The van der Waals surface area contributed by atoms with Crippen LogP contribution >= 0.6 is 0 Å². The zero-order valence-corrected chi connectivity index (χ0v) is 25.3. The minimum Gasteiger partial charge on any atom is -0.483 e. The molecule has 0 spiro atoms. The Hall–Kier alpha value is -3.46. The van der Waals surface area contributed by atoms with Crippen LogP contribution in [-0.2, 0) is 11.0 Å². The van der Waals surface area contributed by atoms with Crippen molar-refractivity contribution in [3.05, 3.63) is 95.1 Å². The van der Waals surface area contributed by atoms with Gasteiger partial charge in [0.2, 0.25) is 5.91 Å². The number of rotatable bonds is 13. The Kier molecular flexibility index (Phi) is 11.8. The van der Waals surface area contributed by atoms with Crippen LogP contribution in [0.1, 0.15) is 87.5 Å². The van der Waals surface area contributed by atoms with Crippen molar-refractivity contribution in [1.82, 2.24) is 4.90 Å². The molecule has 1 heterocycles. The van der Waals surface area contributed by atoms with Gasteiger partial charge in [-0.1, -0.05) is 57.0 Å². The number of carbonyl (C=O) groups is 1. The molecule has 1 aliphatic rings. The zero-order chi connectivity index (χ0) is 31.7. The first kappa shape index (κ1) is 33.4. The summed E-state index contributed by atoms with van der Waals surface area (Å²) in [6, 6.07) is 16.1. The molecule has 9 heteroatoms. The van der Waals surface area contributed by atoms with Crippen LogP contribution in [0.3, 0.4) is 0 Å². The summed E-state index contributed by atoms with van der Waals surface area (Å²) in [6.07, 6.45) is 0.324. The monoisotopic (exact) mass is 616 g/mol. The molecule has 4 nitrogen and oxygen atoms in total. The van der Waals surface area contributed by atoms with E-state index in [1.165, 1.54) is 23.8 Å². The molecule has 3 aromatic rings. The molecule has 1 fully saturated rings. The van der Waals surface area contributed by atoms with Crippen molar-refractivity contribution in [2.24, 2.45) is 5.92 Å². The molecule has 3 aromatic carbocycles. The van der Waals surface area contributed by atoms with Gasteiger partial charge in [-0.15, -0.1) is 0 Å². The number of hydrogen-bond acceptors (Lipinski definition) is 3. The van der Waals surface area contributed by atoms with E-state index in [0.717, 1.165) is 63.5 Å². The van der Waals surface area contributed by atoms with Crippen molar-refractivity contribution in [2.45, 2.75) is 77.0 Å². The summed E-state index contributed by atoms with van der Waals surface area (Å²) in [5, 5.41) is 2.98. The topological polar surface area (TPSA) is 41.6 Å². The number of ether oxygens (including phenoxy) is 1. The number of halogens is 5. The molecule has 0 radical (unpaired) electrons. The summed E-state index contributed by atoms with van der Waals surface area (Å²) in [7, 11) is 0. The molecule has 4 rings (SSSR count). The lowest BCUT2D eigenvalue weighted by Gasteiger charge is -2.32. The minimum atomic E-state index is -4.65. The van der Waals surface area contributed by atoms with Gasteiger partial charge in [-0.2, -0.15) is 13.2 Å². The number of alkyl halides is 3. The number of benzene rings is 3.